The Morgan fingerprint density at radius 1 is 1.23 bits per heavy atom. The van der Waals surface area contributed by atoms with Crippen molar-refractivity contribution in [1.29, 1.82) is 0 Å². The van der Waals surface area contributed by atoms with Crippen LogP contribution < -0.4 is 4.72 Å². The maximum atomic E-state index is 12.8. The Morgan fingerprint density at radius 2 is 1.85 bits per heavy atom. The number of carboxylic acids is 1. The van der Waals surface area contributed by atoms with Gasteiger partial charge in [-0.15, -0.1) is 0 Å². The van der Waals surface area contributed by atoms with Crippen LogP contribution in [0.5, 0.6) is 0 Å². The quantitative estimate of drug-likeness (QED) is 0.681. The molecule has 9 heteroatoms. The Morgan fingerprint density at radius 3 is 2.38 bits per heavy atom. The van der Waals surface area contributed by atoms with E-state index in [-0.39, 0.29) is 48.3 Å². The van der Waals surface area contributed by atoms with Crippen LogP contribution in [-0.2, 0) is 14.8 Å². The molecule has 0 atom stereocenters. The number of aliphatic carboxylic acids is 1. The first-order chi connectivity index (χ1) is 12.1. The highest BCUT2D eigenvalue weighted by molar-refractivity contribution is 7.89. The molecule has 1 aromatic carbocycles. The van der Waals surface area contributed by atoms with Gasteiger partial charge in [-0.3, -0.25) is 4.79 Å². The zero-order valence-electron chi connectivity index (χ0n) is 14.4. The molecule has 142 valence electrons. The van der Waals surface area contributed by atoms with Crippen LogP contribution in [0.4, 0.5) is 0 Å². The number of likely N-dealkylation sites (tertiary alicyclic amines) is 1. The Hall–Kier alpha value is -1.97. The SMILES string of the molecule is Cc1ccc(S(=O)(=O)NC2CC2)cc1C(=O)N1CCC(O)(C(=O)O)CC1. The molecule has 0 bridgehead atoms. The number of hydrogen-bond acceptors (Lipinski definition) is 5. The van der Waals surface area contributed by atoms with E-state index in [4.69, 9.17) is 5.11 Å². The van der Waals surface area contributed by atoms with E-state index in [1.165, 1.54) is 17.0 Å². The van der Waals surface area contributed by atoms with Crippen LogP contribution in [0.25, 0.3) is 0 Å². The normalized spacial score (nSPS) is 20.0. The van der Waals surface area contributed by atoms with E-state index in [1.54, 1.807) is 13.0 Å². The van der Waals surface area contributed by atoms with Gasteiger partial charge >= 0.3 is 5.97 Å². The van der Waals surface area contributed by atoms with E-state index in [2.05, 4.69) is 4.72 Å². The number of benzene rings is 1. The van der Waals surface area contributed by atoms with Gasteiger partial charge in [0.2, 0.25) is 10.0 Å². The number of aliphatic hydroxyl groups is 1. The molecule has 2 aliphatic rings. The van der Waals surface area contributed by atoms with Crippen molar-refractivity contribution in [2.24, 2.45) is 0 Å². The maximum Gasteiger partial charge on any atom is 0.335 e. The highest BCUT2D eigenvalue weighted by atomic mass is 32.2. The van der Waals surface area contributed by atoms with Gasteiger partial charge in [-0.05, 0) is 37.5 Å². The van der Waals surface area contributed by atoms with Gasteiger partial charge in [-0.2, -0.15) is 0 Å². The van der Waals surface area contributed by atoms with Crippen LogP contribution in [0, 0.1) is 6.92 Å². The lowest BCUT2D eigenvalue weighted by Crippen LogP contribution is -2.50. The van der Waals surface area contributed by atoms with Crippen LogP contribution in [0.3, 0.4) is 0 Å². The summed E-state index contributed by atoms with van der Waals surface area (Å²) in [4.78, 5) is 25.4. The monoisotopic (exact) mass is 382 g/mol. The number of rotatable bonds is 5. The molecule has 1 saturated carbocycles. The molecule has 2 fully saturated rings. The first-order valence-corrected chi connectivity index (χ1v) is 9.99. The van der Waals surface area contributed by atoms with Gasteiger partial charge in [-0.25, -0.2) is 17.9 Å². The number of sulfonamides is 1. The molecule has 26 heavy (non-hydrogen) atoms. The Kier molecular flexibility index (Phi) is 4.80. The van der Waals surface area contributed by atoms with Crippen molar-refractivity contribution in [2.45, 2.75) is 49.1 Å². The van der Waals surface area contributed by atoms with Crippen LogP contribution in [0.2, 0.25) is 0 Å². The van der Waals surface area contributed by atoms with Crippen LogP contribution >= 0.6 is 0 Å². The summed E-state index contributed by atoms with van der Waals surface area (Å²) < 4.78 is 27.3. The van der Waals surface area contributed by atoms with E-state index >= 15 is 0 Å². The van der Waals surface area contributed by atoms with Gasteiger partial charge in [0.05, 0.1) is 4.90 Å². The molecule has 1 heterocycles. The number of hydrogen-bond donors (Lipinski definition) is 3. The number of amides is 1. The fourth-order valence-electron chi connectivity index (χ4n) is 2.95. The summed E-state index contributed by atoms with van der Waals surface area (Å²) in [6.07, 6.45) is 1.51. The number of carbonyl (C=O) groups excluding carboxylic acids is 1. The maximum absolute atomic E-state index is 12.8. The van der Waals surface area contributed by atoms with Crippen LogP contribution in [-0.4, -0.2) is 60.1 Å². The van der Waals surface area contributed by atoms with Crippen molar-refractivity contribution < 1.29 is 28.2 Å². The summed E-state index contributed by atoms with van der Waals surface area (Å²) >= 11 is 0. The number of nitrogens with zero attached hydrogens (tertiary/aromatic N) is 1. The second-order valence-corrected chi connectivity index (χ2v) is 8.72. The first kappa shape index (κ1) is 18.8. The van der Waals surface area contributed by atoms with Gasteiger partial charge < -0.3 is 15.1 Å². The minimum absolute atomic E-state index is 0.0313. The predicted octanol–water partition coefficient (Wildman–Crippen LogP) is 0.487. The Balaban J connectivity index is 1.79. The molecule has 1 aromatic rings. The molecular formula is C17H22N2O6S. The van der Waals surface area contributed by atoms with E-state index in [0.29, 0.717) is 5.56 Å². The Labute approximate surface area is 151 Å². The molecule has 0 radical (unpaired) electrons. The van der Waals surface area contributed by atoms with Gasteiger partial charge in [0.15, 0.2) is 5.60 Å². The molecule has 8 nitrogen and oxygen atoms in total. The van der Waals surface area contributed by atoms with Gasteiger partial charge in [0, 0.05) is 37.5 Å². The molecular weight excluding hydrogens is 360 g/mol. The third kappa shape index (κ3) is 3.74. The molecule has 1 aliphatic carbocycles. The largest absolute Gasteiger partial charge is 0.479 e. The number of nitrogens with one attached hydrogen (secondary N) is 1. The summed E-state index contributed by atoms with van der Waals surface area (Å²) in [7, 11) is -3.67. The topological polar surface area (TPSA) is 124 Å². The highest BCUT2D eigenvalue weighted by Crippen LogP contribution is 2.26. The number of piperidine rings is 1. The predicted molar refractivity (Wildman–Crippen MR) is 92.2 cm³/mol. The Bertz CT molecular complexity index is 839. The highest BCUT2D eigenvalue weighted by Gasteiger charge is 2.40. The van der Waals surface area contributed by atoms with Crippen LogP contribution in [0.1, 0.15) is 41.6 Å². The zero-order chi connectivity index (χ0) is 19.1. The minimum atomic E-state index is -3.67. The van der Waals surface area contributed by atoms with Crippen molar-refractivity contribution in [1.82, 2.24) is 9.62 Å². The number of aryl methyl sites for hydroxylation is 1. The molecule has 1 amide bonds. The number of carbonyl (C=O) groups is 2. The molecule has 0 spiro atoms. The van der Waals surface area contributed by atoms with Crippen molar-refractivity contribution in [3.63, 3.8) is 0 Å². The summed E-state index contributed by atoms with van der Waals surface area (Å²) in [5.74, 6) is -1.65. The smallest absolute Gasteiger partial charge is 0.335 e. The van der Waals surface area contributed by atoms with Gasteiger partial charge in [-0.1, -0.05) is 6.07 Å². The second-order valence-electron chi connectivity index (χ2n) is 7.00. The second kappa shape index (κ2) is 6.64. The third-order valence-electron chi connectivity index (χ3n) is 4.92. The number of carboxylic acid groups (broad SMARTS) is 1. The van der Waals surface area contributed by atoms with Gasteiger partial charge in [0.1, 0.15) is 0 Å². The van der Waals surface area contributed by atoms with E-state index in [0.717, 1.165) is 12.8 Å². The zero-order valence-corrected chi connectivity index (χ0v) is 15.3. The van der Waals surface area contributed by atoms with E-state index in [9.17, 15) is 23.1 Å². The molecule has 3 rings (SSSR count). The molecule has 0 unspecified atom stereocenters. The van der Waals surface area contributed by atoms with Gasteiger partial charge in [0.25, 0.3) is 5.91 Å². The lowest BCUT2D eigenvalue weighted by molar-refractivity contribution is -0.162. The van der Waals surface area contributed by atoms with E-state index in [1.807, 2.05) is 0 Å². The lowest BCUT2D eigenvalue weighted by atomic mass is 9.91. The standard InChI is InChI=1S/C17H22N2O6S/c1-11-2-5-13(26(24,25)18-12-3-4-12)10-14(11)15(20)19-8-6-17(23,7-9-19)16(21)22/h2,5,10,12,18,23H,3-4,6-9H2,1H3,(H,21,22). The fourth-order valence-corrected chi connectivity index (χ4v) is 4.28. The minimum Gasteiger partial charge on any atom is -0.479 e. The van der Waals surface area contributed by atoms with Crippen molar-refractivity contribution in [2.75, 3.05) is 13.1 Å². The summed E-state index contributed by atoms with van der Waals surface area (Å²) in [5.41, 5.74) is -0.908. The summed E-state index contributed by atoms with van der Waals surface area (Å²) in [6, 6.07) is 4.39. The van der Waals surface area contributed by atoms with E-state index < -0.39 is 21.6 Å². The molecule has 3 N–H and O–H groups in total. The van der Waals surface area contributed by atoms with Crippen molar-refractivity contribution in [3.8, 4) is 0 Å². The summed E-state index contributed by atoms with van der Waals surface area (Å²) in [5, 5.41) is 19.0. The molecule has 1 saturated heterocycles. The third-order valence-corrected chi connectivity index (χ3v) is 6.44. The van der Waals surface area contributed by atoms with Crippen LogP contribution in [0.15, 0.2) is 23.1 Å². The van der Waals surface area contributed by atoms with Crippen molar-refractivity contribution >= 4 is 21.9 Å². The average molecular weight is 382 g/mol. The first-order valence-electron chi connectivity index (χ1n) is 8.50. The molecule has 0 aromatic heterocycles. The average Bonchev–Trinajstić information content (AvgIpc) is 3.38. The van der Waals surface area contributed by atoms with Crippen molar-refractivity contribution in [3.05, 3.63) is 29.3 Å². The molecule has 1 aliphatic heterocycles. The lowest BCUT2D eigenvalue weighted by Gasteiger charge is -2.35. The fraction of sp³-hybridized carbons (Fsp3) is 0.529. The summed E-state index contributed by atoms with van der Waals surface area (Å²) in [6.45, 7) is 1.91.